The Labute approximate surface area is 144 Å². The van der Waals surface area contributed by atoms with Crippen LogP contribution in [0.2, 0.25) is 0 Å². The van der Waals surface area contributed by atoms with Gasteiger partial charge in [0, 0.05) is 37.8 Å². The number of anilines is 1. The molecule has 130 valence electrons. The van der Waals surface area contributed by atoms with E-state index in [4.69, 9.17) is 0 Å². The predicted molar refractivity (Wildman–Crippen MR) is 94.7 cm³/mol. The molecule has 1 saturated heterocycles. The van der Waals surface area contributed by atoms with Gasteiger partial charge < -0.3 is 10.2 Å². The number of piperazine rings is 1. The third-order valence-corrected chi connectivity index (χ3v) is 5.15. The van der Waals surface area contributed by atoms with Crippen molar-refractivity contribution in [3.05, 3.63) is 29.8 Å². The molecule has 2 aliphatic rings. The molecule has 1 heterocycles. The molecule has 1 aromatic carbocycles. The van der Waals surface area contributed by atoms with E-state index in [0.29, 0.717) is 18.4 Å². The van der Waals surface area contributed by atoms with Crippen LogP contribution in [0.25, 0.3) is 0 Å². The average Bonchev–Trinajstić information content (AvgIpc) is 3.32. The SMILES string of the molecule is CCc1ccccc1NC(=O)CN1CCN(C(=O)[C@H]2C[C@H]2C)CC1. The Hall–Kier alpha value is -1.88. The molecule has 1 aromatic rings. The zero-order chi connectivity index (χ0) is 17.1. The summed E-state index contributed by atoms with van der Waals surface area (Å²) in [4.78, 5) is 28.6. The standard InChI is InChI=1S/C19H27N3O2/c1-3-15-6-4-5-7-17(15)20-18(23)13-21-8-10-22(11-9-21)19(24)16-12-14(16)2/h4-7,14,16H,3,8-13H2,1-2H3,(H,20,23)/t14-,16+/m1/s1. The average molecular weight is 329 g/mol. The van der Waals surface area contributed by atoms with Crippen LogP contribution in [0.15, 0.2) is 24.3 Å². The van der Waals surface area contributed by atoms with Crippen molar-refractivity contribution < 1.29 is 9.59 Å². The van der Waals surface area contributed by atoms with Gasteiger partial charge in [-0.05, 0) is 30.4 Å². The molecule has 2 atom stereocenters. The summed E-state index contributed by atoms with van der Waals surface area (Å²) in [6, 6.07) is 7.92. The Kier molecular flexibility index (Phi) is 5.19. The normalized spacial score (nSPS) is 23.8. The minimum Gasteiger partial charge on any atom is -0.340 e. The summed E-state index contributed by atoms with van der Waals surface area (Å²) in [5, 5.41) is 3.02. The number of carbonyl (C=O) groups excluding carboxylic acids is 2. The Balaban J connectivity index is 1.45. The van der Waals surface area contributed by atoms with Gasteiger partial charge in [-0.1, -0.05) is 32.0 Å². The van der Waals surface area contributed by atoms with Gasteiger partial charge in [0.15, 0.2) is 0 Å². The van der Waals surface area contributed by atoms with Crippen molar-refractivity contribution >= 4 is 17.5 Å². The molecule has 0 radical (unpaired) electrons. The van der Waals surface area contributed by atoms with Gasteiger partial charge in [-0.25, -0.2) is 0 Å². The second-order valence-corrected chi connectivity index (χ2v) is 6.98. The van der Waals surface area contributed by atoms with E-state index in [1.165, 1.54) is 0 Å². The number of para-hydroxylation sites is 1. The first-order valence-corrected chi connectivity index (χ1v) is 8.97. The number of nitrogens with one attached hydrogen (secondary N) is 1. The lowest BCUT2D eigenvalue weighted by Gasteiger charge is -2.34. The number of hydrogen-bond donors (Lipinski definition) is 1. The van der Waals surface area contributed by atoms with Crippen molar-refractivity contribution in [3.63, 3.8) is 0 Å². The van der Waals surface area contributed by atoms with Gasteiger partial charge in [-0.3, -0.25) is 14.5 Å². The molecule has 0 spiro atoms. The van der Waals surface area contributed by atoms with E-state index in [2.05, 4.69) is 24.1 Å². The van der Waals surface area contributed by atoms with Gasteiger partial charge in [-0.2, -0.15) is 0 Å². The minimum atomic E-state index is 0.0199. The first-order valence-electron chi connectivity index (χ1n) is 8.97. The van der Waals surface area contributed by atoms with Crippen LogP contribution in [0, 0.1) is 11.8 Å². The maximum Gasteiger partial charge on any atom is 0.238 e. The molecule has 1 aliphatic carbocycles. The summed E-state index contributed by atoms with van der Waals surface area (Å²) in [6.07, 6.45) is 1.94. The van der Waals surface area contributed by atoms with Crippen LogP contribution in [0.3, 0.4) is 0 Å². The second kappa shape index (κ2) is 7.34. The maximum atomic E-state index is 12.3. The largest absolute Gasteiger partial charge is 0.340 e. The number of hydrogen-bond acceptors (Lipinski definition) is 3. The first-order chi connectivity index (χ1) is 11.6. The smallest absolute Gasteiger partial charge is 0.238 e. The molecule has 5 heteroatoms. The number of aryl methyl sites for hydroxylation is 1. The van der Waals surface area contributed by atoms with Crippen LogP contribution in [0.1, 0.15) is 25.8 Å². The van der Waals surface area contributed by atoms with Crippen molar-refractivity contribution in [1.82, 2.24) is 9.80 Å². The first kappa shape index (κ1) is 17.0. The summed E-state index contributed by atoms with van der Waals surface area (Å²) in [5.41, 5.74) is 2.06. The van der Waals surface area contributed by atoms with E-state index < -0.39 is 0 Å². The minimum absolute atomic E-state index is 0.0199. The van der Waals surface area contributed by atoms with Crippen molar-refractivity contribution in [2.45, 2.75) is 26.7 Å². The Bertz CT molecular complexity index is 608. The van der Waals surface area contributed by atoms with Gasteiger partial charge in [0.25, 0.3) is 0 Å². The molecule has 0 bridgehead atoms. The van der Waals surface area contributed by atoms with Crippen LogP contribution in [0.4, 0.5) is 5.69 Å². The molecule has 2 fully saturated rings. The van der Waals surface area contributed by atoms with Crippen LogP contribution in [0.5, 0.6) is 0 Å². The van der Waals surface area contributed by atoms with E-state index in [9.17, 15) is 9.59 Å². The van der Waals surface area contributed by atoms with Crippen molar-refractivity contribution in [3.8, 4) is 0 Å². The summed E-state index contributed by atoms with van der Waals surface area (Å²) in [7, 11) is 0. The summed E-state index contributed by atoms with van der Waals surface area (Å²) >= 11 is 0. The van der Waals surface area contributed by atoms with Crippen LogP contribution in [-0.2, 0) is 16.0 Å². The van der Waals surface area contributed by atoms with E-state index >= 15 is 0 Å². The summed E-state index contributed by atoms with van der Waals surface area (Å²) in [6.45, 7) is 7.63. The topological polar surface area (TPSA) is 52.7 Å². The van der Waals surface area contributed by atoms with E-state index in [0.717, 1.165) is 50.3 Å². The summed E-state index contributed by atoms with van der Waals surface area (Å²) in [5.74, 6) is 1.14. The fraction of sp³-hybridized carbons (Fsp3) is 0.579. The number of benzene rings is 1. The van der Waals surface area contributed by atoms with E-state index in [1.54, 1.807) is 0 Å². The number of amides is 2. The van der Waals surface area contributed by atoms with Gasteiger partial charge in [0.1, 0.15) is 0 Å². The van der Waals surface area contributed by atoms with Gasteiger partial charge >= 0.3 is 0 Å². The maximum absolute atomic E-state index is 12.3. The van der Waals surface area contributed by atoms with Gasteiger partial charge in [-0.15, -0.1) is 0 Å². The monoisotopic (exact) mass is 329 g/mol. The lowest BCUT2D eigenvalue weighted by Crippen LogP contribution is -2.51. The lowest BCUT2D eigenvalue weighted by atomic mass is 10.1. The molecular formula is C19H27N3O2. The molecular weight excluding hydrogens is 302 g/mol. The van der Waals surface area contributed by atoms with Crippen molar-refractivity contribution in [1.29, 1.82) is 0 Å². The fourth-order valence-corrected chi connectivity index (χ4v) is 3.37. The molecule has 24 heavy (non-hydrogen) atoms. The number of nitrogens with zero attached hydrogens (tertiary/aromatic N) is 2. The highest BCUT2D eigenvalue weighted by Gasteiger charge is 2.41. The number of carbonyl (C=O) groups is 2. The molecule has 0 unspecified atom stereocenters. The van der Waals surface area contributed by atoms with Crippen LogP contribution in [-0.4, -0.2) is 54.3 Å². The summed E-state index contributed by atoms with van der Waals surface area (Å²) < 4.78 is 0. The molecule has 1 N–H and O–H groups in total. The Morgan fingerprint density at radius 2 is 1.83 bits per heavy atom. The zero-order valence-corrected chi connectivity index (χ0v) is 14.6. The third kappa shape index (κ3) is 3.96. The molecule has 2 amide bonds. The van der Waals surface area contributed by atoms with Gasteiger partial charge in [0.05, 0.1) is 6.54 Å². The van der Waals surface area contributed by atoms with Gasteiger partial charge in [0.2, 0.25) is 11.8 Å². The Morgan fingerprint density at radius 3 is 2.46 bits per heavy atom. The van der Waals surface area contributed by atoms with E-state index in [1.807, 2.05) is 29.2 Å². The van der Waals surface area contributed by atoms with Crippen molar-refractivity contribution in [2.75, 3.05) is 38.0 Å². The lowest BCUT2D eigenvalue weighted by molar-refractivity contribution is -0.134. The van der Waals surface area contributed by atoms with Crippen LogP contribution < -0.4 is 5.32 Å². The number of rotatable bonds is 5. The quantitative estimate of drug-likeness (QED) is 0.899. The Morgan fingerprint density at radius 1 is 1.17 bits per heavy atom. The third-order valence-electron chi connectivity index (χ3n) is 5.15. The van der Waals surface area contributed by atoms with Crippen molar-refractivity contribution in [2.24, 2.45) is 11.8 Å². The highest BCUT2D eigenvalue weighted by atomic mass is 16.2. The predicted octanol–water partition coefficient (Wildman–Crippen LogP) is 1.99. The fourth-order valence-electron chi connectivity index (χ4n) is 3.37. The molecule has 5 nitrogen and oxygen atoms in total. The molecule has 0 aromatic heterocycles. The molecule has 3 rings (SSSR count). The molecule has 1 saturated carbocycles. The highest BCUT2D eigenvalue weighted by Crippen LogP contribution is 2.39. The second-order valence-electron chi connectivity index (χ2n) is 6.98. The van der Waals surface area contributed by atoms with Crippen LogP contribution >= 0.6 is 0 Å². The molecule has 1 aliphatic heterocycles. The van der Waals surface area contributed by atoms with E-state index in [-0.39, 0.29) is 11.8 Å². The zero-order valence-electron chi connectivity index (χ0n) is 14.6. The highest BCUT2D eigenvalue weighted by molar-refractivity contribution is 5.93.